The van der Waals surface area contributed by atoms with Gasteiger partial charge < -0.3 is 4.74 Å². The van der Waals surface area contributed by atoms with Gasteiger partial charge in [-0.05, 0) is 55.3 Å². The van der Waals surface area contributed by atoms with Crippen LogP contribution in [0.2, 0.25) is 0 Å². The Labute approximate surface area is 145 Å². The molecular weight excluding hydrogens is 294 g/mol. The lowest BCUT2D eigenvalue weighted by Crippen LogP contribution is -2.54. The number of benzene rings is 2. The van der Waals surface area contributed by atoms with Crippen molar-refractivity contribution in [1.82, 2.24) is 4.90 Å². The Balaban J connectivity index is 1.84. The number of aryl methyl sites for hydroxylation is 1. The van der Waals surface area contributed by atoms with Gasteiger partial charge in [-0.1, -0.05) is 54.6 Å². The Morgan fingerprint density at radius 3 is 2.42 bits per heavy atom. The lowest BCUT2D eigenvalue weighted by atomic mass is 9.71. The van der Waals surface area contributed by atoms with Gasteiger partial charge in [-0.3, -0.25) is 4.90 Å². The van der Waals surface area contributed by atoms with Crippen LogP contribution >= 0.6 is 0 Å². The molecular formula is C22H27NO. The van der Waals surface area contributed by atoms with E-state index in [-0.39, 0.29) is 5.60 Å². The topological polar surface area (TPSA) is 12.5 Å². The Bertz CT molecular complexity index is 694. The molecule has 2 aromatic rings. The van der Waals surface area contributed by atoms with Gasteiger partial charge in [-0.15, -0.1) is 0 Å². The standard InChI is InChI=1S/C22H27NO/c1-23(16-17-12-13-17)21-15-14-18-8-6-7-11-20(18)22(21,24-2)19-9-4-3-5-10-19/h3-11,17,21H,12-16H2,1-2H3/t21-,22+/m1/s1. The maximum atomic E-state index is 6.39. The van der Waals surface area contributed by atoms with Crippen LogP contribution in [-0.4, -0.2) is 31.6 Å². The lowest BCUT2D eigenvalue weighted by Gasteiger charge is -2.48. The molecule has 0 saturated heterocycles. The summed E-state index contributed by atoms with van der Waals surface area (Å²) in [6.45, 7) is 1.19. The fourth-order valence-electron chi connectivity index (χ4n) is 4.54. The van der Waals surface area contributed by atoms with Crippen LogP contribution in [0, 0.1) is 5.92 Å². The van der Waals surface area contributed by atoms with Gasteiger partial charge in [0.1, 0.15) is 5.60 Å². The van der Waals surface area contributed by atoms with E-state index in [4.69, 9.17) is 4.74 Å². The van der Waals surface area contributed by atoms with E-state index in [1.54, 1.807) is 0 Å². The summed E-state index contributed by atoms with van der Waals surface area (Å²) >= 11 is 0. The number of methoxy groups -OCH3 is 1. The minimum absolute atomic E-state index is 0.375. The maximum absolute atomic E-state index is 6.39. The fraction of sp³-hybridized carbons (Fsp3) is 0.455. The summed E-state index contributed by atoms with van der Waals surface area (Å²) in [5, 5.41) is 0. The van der Waals surface area contributed by atoms with Crippen LogP contribution in [0.3, 0.4) is 0 Å². The van der Waals surface area contributed by atoms with Crippen LogP contribution in [0.4, 0.5) is 0 Å². The zero-order valence-corrected chi connectivity index (χ0v) is 14.7. The van der Waals surface area contributed by atoms with Crippen molar-refractivity contribution in [3.05, 3.63) is 71.3 Å². The Morgan fingerprint density at radius 1 is 1.00 bits per heavy atom. The second kappa shape index (κ2) is 6.34. The van der Waals surface area contributed by atoms with Gasteiger partial charge in [0.15, 0.2) is 0 Å². The predicted octanol–water partition coefficient (Wildman–Crippen LogP) is 4.23. The van der Waals surface area contributed by atoms with Gasteiger partial charge in [0, 0.05) is 19.7 Å². The molecule has 2 atom stereocenters. The van der Waals surface area contributed by atoms with Crippen LogP contribution in [0.1, 0.15) is 36.0 Å². The average Bonchev–Trinajstić information content (AvgIpc) is 3.45. The molecule has 0 amide bonds. The fourth-order valence-corrected chi connectivity index (χ4v) is 4.54. The number of hydrogen-bond donors (Lipinski definition) is 0. The monoisotopic (exact) mass is 321 g/mol. The molecule has 0 aromatic heterocycles. The first-order valence-corrected chi connectivity index (χ1v) is 9.15. The largest absolute Gasteiger partial charge is 0.367 e. The van der Waals surface area contributed by atoms with E-state index in [0.717, 1.165) is 18.8 Å². The van der Waals surface area contributed by atoms with Crippen LogP contribution in [0.5, 0.6) is 0 Å². The van der Waals surface area contributed by atoms with Gasteiger partial charge in [0.05, 0.1) is 0 Å². The van der Waals surface area contributed by atoms with Crippen molar-refractivity contribution in [2.75, 3.05) is 20.7 Å². The highest BCUT2D eigenvalue weighted by Crippen LogP contribution is 2.46. The number of hydrogen-bond acceptors (Lipinski definition) is 2. The van der Waals surface area contributed by atoms with Crippen LogP contribution in [0.15, 0.2) is 54.6 Å². The molecule has 0 unspecified atom stereocenters. The van der Waals surface area contributed by atoms with Gasteiger partial charge in [-0.2, -0.15) is 0 Å². The normalized spacial score (nSPS) is 26.4. The van der Waals surface area contributed by atoms with Crippen LogP contribution in [-0.2, 0) is 16.8 Å². The zero-order valence-electron chi connectivity index (χ0n) is 14.7. The first-order valence-electron chi connectivity index (χ1n) is 9.15. The Kier molecular flexibility index (Phi) is 4.19. The molecule has 2 heteroatoms. The molecule has 0 radical (unpaired) electrons. The molecule has 1 fully saturated rings. The molecule has 0 heterocycles. The predicted molar refractivity (Wildman–Crippen MR) is 98.1 cm³/mol. The molecule has 24 heavy (non-hydrogen) atoms. The van der Waals surface area contributed by atoms with E-state index in [9.17, 15) is 0 Å². The number of nitrogens with zero attached hydrogens (tertiary/aromatic N) is 1. The van der Waals surface area contributed by atoms with Crippen molar-refractivity contribution >= 4 is 0 Å². The van der Waals surface area contributed by atoms with E-state index in [0.29, 0.717) is 6.04 Å². The molecule has 2 aliphatic rings. The first kappa shape index (κ1) is 15.9. The van der Waals surface area contributed by atoms with Crippen LogP contribution < -0.4 is 0 Å². The maximum Gasteiger partial charge on any atom is 0.133 e. The van der Waals surface area contributed by atoms with Gasteiger partial charge in [0.2, 0.25) is 0 Å². The Hall–Kier alpha value is -1.64. The summed E-state index contributed by atoms with van der Waals surface area (Å²) in [5.41, 5.74) is 3.67. The molecule has 2 nitrogen and oxygen atoms in total. The highest BCUT2D eigenvalue weighted by Gasteiger charge is 2.48. The summed E-state index contributed by atoms with van der Waals surface area (Å²) in [6.07, 6.45) is 5.05. The van der Waals surface area contributed by atoms with E-state index in [1.165, 1.54) is 36.1 Å². The van der Waals surface area contributed by atoms with Gasteiger partial charge in [-0.25, -0.2) is 0 Å². The van der Waals surface area contributed by atoms with Crippen molar-refractivity contribution in [3.8, 4) is 0 Å². The van der Waals surface area contributed by atoms with Crippen molar-refractivity contribution in [3.63, 3.8) is 0 Å². The number of rotatable bonds is 5. The molecule has 4 rings (SSSR count). The molecule has 2 aromatic carbocycles. The summed E-state index contributed by atoms with van der Waals surface area (Å²) < 4.78 is 6.39. The lowest BCUT2D eigenvalue weighted by molar-refractivity contribution is -0.0582. The van der Waals surface area contributed by atoms with Crippen molar-refractivity contribution in [2.24, 2.45) is 5.92 Å². The second-order valence-electron chi connectivity index (χ2n) is 7.40. The van der Waals surface area contributed by atoms with E-state index in [2.05, 4.69) is 66.5 Å². The SMILES string of the molecule is CO[C@@]1(c2ccccc2)c2ccccc2CC[C@H]1N(C)CC1CC1. The van der Waals surface area contributed by atoms with Crippen molar-refractivity contribution < 1.29 is 4.74 Å². The first-order chi connectivity index (χ1) is 11.8. The zero-order chi connectivity index (χ0) is 16.6. The second-order valence-corrected chi connectivity index (χ2v) is 7.40. The van der Waals surface area contributed by atoms with Gasteiger partial charge in [0.25, 0.3) is 0 Å². The third-order valence-electron chi connectivity index (χ3n) is 5.87. The molecule has 126 valence electrons. The van der Waals surface area contributed by atoms with E-state index in [1.807, 2.05) is 7.11 Å². The van der Waals surface area contributed by atoms with E-state index >= 15 is 0 Å². The average molecular weight is 321 g/mol. The number of fused-ring (bicyclic) bond motifs is 1. The molecule has 0 aliphatic heterocycles. The number of ether oxygens (including phenoxy) is 1. The molecule has 2 aliphatic carbocycles. The van der Waals surface area contributed by atoms with Gasteiger partial charge >= 0.3 is 0 Å². The van der Waals surface area contributed by atoms with Crippen molar-refractivity contribution in [1.29, 1.82) is 0 Å². The molecule has 1 saturated carbocycles. The van der Waals surface area contributed by atoms with Crippen molar-refractivity contribution in [2.45, 2.75) is 37.3 Å². The summed E-state index contributed by atoms with van der Waals surface area (Å²) in [5.74, 6) is 0.887. The van der Waals surface area contributed by atoms with Crippen LogP contribution in [0.25, 0.3) is 0 Å². The third kappa shape index (κ3) is 2.58. The summed E-state index contributed by atoms with van der Waals surface area (Å²) in [4.78, 5) is 2.56. The summed E-state index contributed by atoms with van der Waals surface area (Å²) in [7, 11) is 4.17. The number of likely N-dealkylation sites (N-methyl/N-ethyl adjacent to an activating group) is 1. The minimum Gasteiger partial charge on any atom is -0.367 e. The molecule has 0 bridgehead atoms. The molecule has 0 N–H and O–H groups in total. The third-order valence-corrected chi connectivity index (χ3v) is 5.87. The van der Waals surface area contributed by atoms with E-state index < -0.39 is 0 Å². The highest BCUT2D eigenvalue weighted by atomic mass is 16.5. The smallest absolute Gasteiger partial charge is 0.133 e. The Morgan fingerprint density at radius 2 is 1.71 bits per heavy atom. The molecule has 0 spiro atoms. The quantitative estimate of drug-likeness (QED) is 0.817. The highest BCUT2D eigenvalue weighted by molar-refractivity contribution is 5.45. The minimum atomic E-state index is -0.375. The summed E-state index contributed by atoms with van der Waals surface area (Å²) in [6, 6.07) is 20.0.